The lowest BCUT2D eigenvalue weighted by molar-refractivity contribution is 0.0283. The number of nitrogens with one attached hydrogen (secondary N) is 1. The van der Waals surface area contributed by atoms with E-state index in [-0.39, 0.29) is 35.1 Å². The summed E-state index contributed by atoms with van der Waals surface area (Å²) < 4.78 is 5.63. The van der Waals surface area contributed by atoms with Gasteiger partial charge in [0.05, 0.1) is 12.1 Å². The molecule has 0 aromatic rings. The average Bonchev–Trinajstić information content (AvgIpc) is 2.47. The van der Waals surface area contributed by atoms with Gasteiger partial charge in [-0.05, 0) is 40.5 Å². The van der Waals surface area contributed by atoms with Crippen LogP contribution in [0.15, 0.2) is 4.99 Å². The molecule has 5 heteroatoms. The van der Waals surface area contributed by atoms with Gasteiger partial charge in [-0.3, -0.25) is 4.99 Å². The van der Waals surface area contributed by atoms with E-state index >= 15 is 0 Å². The second-order valence-electron chi connectivity index (χ2n) is 5.48. The molecule has 0 aromatic heterocycles. The van der Waals surface area contributed by atoms with Crippen LogP contribution in [0.3, 0.4) is 0 Å². The topological polar surface area (TPSA) is 59.6 Å². The predicted molar refractivity (Wildman–Crippen MR) is 78.4 cm³/mol. The average molecular weight is 341 g/mol. The molecule has 1 atom stereocenters. The Morgan fingerprint density at radius 1 is 1.50 bits per heavy atom. The minimum absolute atomic E-state index is 0. The van der Waals surface area contributed by atoms with Gasteiger partial charge in [0.25, 0.3) is 0 Å². The summed E-state index contributed by atoms with van der Waals surface area (Å²) in [5.74, 6) is 0.499. The zero-order valence-corrected chi connectivity index (χ0v) is 13.0. The van der Waals surface area contributed by atoms with Crippen LogP contribution in [-0.4, -0.2) is 30.3 Å². The molecule has 3 N–H and O–H groups in total. The summed E-state index contributed by atoms with van der Waals surface area (Å²) >= 11 is 0. The molecule has 96 valence electrons. The minimum Gasteiger partial charge on any atom is -0.373 e. The minimum atomic E-state index is -0.107. The third kappa shape index (κ3) is 5.89. The Morgan fingerprint density at radius 3 is 2.56 bits per heavy atom. The summed E-state index contributed by atoms with van der Waals surface area (Å²) in [4.78, 5) is 4.32. The number of ether oxygens (including phenoxy) is 1. The third-order valence-electron chi connectivity index (χ3n) is 2.39. The van der Waals surface area contributed by atoms with Gasteiger partial charge in [-0.25, -0.2) is 0 Å². The van der Waals surface area contributed by atoms with Gasteiger partial charge in [-0.1, -0.05) is 0 Å². The molecule has 4 nitrogen and oxygen atoms in total. The number of nitrogens with two attached hydrogens (primary N) is 1. The molecule has 1 aliphatic heterocycles. The van der Waals surface area contributed by atoms with Gasteiger partial charge in [0.2, 0.25) is 0 Å². The van der Waals surface area contributed by atoms with E-state index in [0.717, 1.165) is 19.4 Å². The maximum atomic E-state index is 5.78. The first kappa shape index (κ1) is 16.0. The molecule has 0 aromatic carbocycles. The van der Waals surface area contributed by atoms with Gasteiger partial charge < -0.3 is 15.8 Å². The van der Waals surface area contributed by atoms with Crippen molar-refractivity contribution in [2.75, 3.05) is 13.2 Å². The van der Waals surface area contributed by atoms with Gasteiger partial charge >= 0.3 is 0 Å². The van der Waals surface area contributed by atoms with Crippen molar-refractivity contribution < 1.29 is 4.74 Å². The smallest absolute Gasteiger partial charge is 0.189 e. The summed E-state index contributed by atoms with van der Waals surface area (Å²) in [5, 5.41) is 3.13. The largest absolute Gasteiger partial charge is 0.373 e. The van der Waals surface area contributed by atoms with Crippen molar-refractivity contribution >= 4 is 29.9 Å². The van der Waals surface area contributed by atoms with Crippen molar-refractivity contribution in [3.05, 3.63) is 0 Å². The number of aliphatic imine (C=N–C) groups is 1. The number of hydrogen-bond donors (Lipinski definition) is 2. The van der Waals surface area contributed by atoms with Crippen molar-refractivity contribution in [1.82, 2.24) is 5.32 Å². The summed E-state index contributed by atoms with van der Waals surface area (Å²) in [6.07, 6.45) is 2.19. The third-order valence-corrected chi connectivity index (χ3v) is 2.39. The fourth-order valence-corrected chi connectivity index (χ4v) is 1.64. The zero-order valence-electron chi connectivity index (χ0n) is 10.7. The highest BCUT2D eigenvalue weighted by molar-refractivity contribution is 14.0. The number of nitrogens with zero attached hydrogens (tertiary/aromatic N) is 1. The van der Waals surface area contributed by atoms with Gasteiger partial charge in [-0.15, -0.1) is 24.0 Å². The van der Waals surface area contributed by atoms with Crippen molar-refractivity contribution in [1.29, 1.82) is 0 Å². The van der Waals surface area contributed by atoms with E-state index in [1.54, 1.807) is 0 Å². The fraction of sp³-hybridized carbons (Fsp3) is 0.909. The van der Waals surface area contributed by atoms with E-state index in [4.69, 9.17) is 10.5 Å². The molecule has 0 amide bonds. The monoisotopic (exact) mass is 341 g/mol. The van der Waals surface area contributed by atoms with E-state index in [1.807, 2.05) is 0 Å². The number of hydrogen-bond acceptors (Lipinski definition) is 2. The highest BCUT2D eigenvalue weighted by Crippen LogP contribution is 2.24. The molecule has 0 saturated carbocycles. The quantitative estimate of drug-likeness (QED) is 0.458. The molecular formula is C11H24IN3O. The Balaban J connectivity index is 0.00000225. The van der Waals surface area contributed by atoms with Crippen LogP contribution < -0.4 is 11.1 Å². The second-order valence-corrected chi connectivity index (χ2v) is 5.48. The molecule has 0 bridgehead atoms. The van der Waals surface area contributed by atoms with Crippen LogP contribution in [0.1, 0.15) is 40.5 Å². The van der Waals surface area contributed by atoms with Crippen LogP contribution >= 0.6 is 24.0 Å². The molecule has 1 heterocycles. The van der Waals surface area contributed by atoms with Gasteiger partial charge in [0, 0.05) is 12.1 Å². The zero-order chi connectivity index (χ0) is 11.5. The Morgan fingerprint density at radius 2 is 2.12 bits per heavy atom. The second kappa shape index (κ2) is 6.05. The Bertz CT molecular complexity index is 242. The Labute approximate surface area is 115 Å². The van der Waals surface area contributed by atoms with Crippen molar-refractivity contribution in [2.45, 2.75) is 51.7 Å². The summed E-state index contributed by atoms with van der Waals surface area (Å²) in [6, 6.07) is 0. The highest BCUT2D eigenvalue weighted by Gasteiger charge is 2.29. The van der Waals surface area contributed by atoms with E-state index in [9.17, 15) is 0 Å². The van der Waals surface area contributed by atoms with E-state index in [2.05, 4.69) is 38.0 Å². The van der Waals surface area contributed by atoms with Gasteiger partial charge in [0.1, 0.15) is 0 Å². The van der Waals surface area contributed by atoms with E-state index in [0.29, 0.717) is 12.5 Å². The Hall–Kier alpha value is -0.0400. The summed E-state index contributed by atoms with van der Waals surface area (Å²) in [6.45, 7) is 9.75. The molecular weight excluding hydrogens is 317 g/mol. The van der Waals surface area contributed by atoms with Crippen LogP contribution in [0.25, 0.3) is 0 Å². The van der Waals surface area contributed by atoms with Crippen LogP contribution in [0.4, 0.5) is 0 Å². The summed E-state index contributed by atoms with van der Waals surface area (Å²) in [7, 11) is 0. The van der Waals surface area contributed by atoms with Crippen molar-refractivity contribution in [3.8, 4) is 0 Å². The first-order chi connectivity index (χ1) is 6.81. The molecule has 0 aliphatic carbocycles. The molecule has 0 spiro atoms. The predicted octanol–water partition coefficient (Wildman–Crippen LogP) is 1.88. The van der Waals surface area contributed by atoms with Gasteiger partial charge in [0.15, 0.2) is 5.96 Å². The molecule has 1 saturated heterocycles. The fourth-order valence-electron chi connectivity index (χ4n) is 1.64. The molecule has 1 aliphatic rings. The SMILES string of the molecule is CC(C)(C)NC(N)=NCC1(C)CCCO1.I. The first-order valence-electron chi connectivity index (χ1n) is 5.53. The van der Waals surface area contributed by atoms with E-state index in [1.165, 1.54) is 0 Å². The lowest BCUT2D eigenvalue weighted by atomic mass is 10.0. The maximum absolute atomic E-state index is 5.78. The molecule has 16 heavy (non-hydrogen) atoms. The summed E-state index contributed by atoms with van der Waals surface area (Å²) in [5.41, 5.74) is 5.64. The maximum Gasteiger partial charge on any atom is 0.189 e. The molecule has 0 radical (unpaired) electrons. The first-order valence-corrected chi connectivity index (χ1v) is 5.53. The number of rotatable bonds is 2. The number of halogens is 1. The van der Waals surface area contributed by atoms with Crippen LogP contribution in [0, 0.1) is 0 Å². The Kier molecular flexibility index (Phi) is 6.03. The van der Waals surface area contributed by atoms with Crippen LogP contribution in [0.2, 0.25) is 0 Å². The van der Waals surface area contributed by atoms with Gasteiger partial charge in [-0.2, -0.15) is 0 Å². The molecule has 1 unspecified atom stereocenters. The molecule has 1 fully saturated rings. The molecule has 1 rings (SSSR count). The lowest BCUT2D eigenvalue weighted by Gasteiger charge is -2.23. The van der Waals surface area contributed by atoms with E-state index < -0.39 is 0 Å². The standard InChI is InChI=1S/C11H23N3O.HI/c1-10(2,3)14-9(12)13-8-11(4)6-5-7-15-11;/h5-8H2,1-4H3,(H3,12,13,14);1H. The normalized spacial score (nSPS) is 26.4. The lowest BCUT2D eigenvalue weighted by Crippen LogP contribution is -2.45. The van der Waals surface area contributed by atoms with Crippen molar-refractivity contribution in [2.24, 2.45) is 10.7 Å². The number of guanidine groups is 1. The van der Waals surface area contributed by atoms with Crippen LogP contribution in [-0.2, 0) is 4.74 Å². The van der Waals surface area contributed by atoms with Crippen molar-refractivity contribution in [3.63, 3.8) is 0 Å². The highest BCUT2D eigenvalue weighted by atomic mass is 127. The van der Waals surface area contributed by atoms with Crippen LogP contribution in [0.5, 0.6) is 0 Å².